The molecule has 0 unspecified atom stereocenters. The lowest BCUT2D eigenvalue weighted by Gasteiger charge is -2.13. The Morgan fingerprint density at radius 1 is 1.29 bits per heavy atom. The molecule has 24 heavy (non-hydrogen) atoms. The fourth-order valence-corrected chi connectivity index (χ4v) is 3.46. The number of imidazole rings is 1. The number of hydrogen-bond donors (Lipinski definition) is 1. The molecular formula is C17H17FN4OS. The summed E-state index contributed by atoms with van der Waals surface area (Å²) >= 11 is 1.51. The van der Waals surface area contributed by atoms with E-state index in [2.05, 4.69) is 21.5 Å². The molecule has 0 fully saturated rings. The predicted molar refractivity (Wildman–Crippen MR) is 92.9 cm³/mol. The van der Waals surface area contributed by atoms with Crippen molar-refractivity contribution in [2.24, 2.45) is 0 Å². The lowest BCUT2D eigenvalue weighted by Crippen LogP contribution is -2.08. The first-order valence-corrected chi connectivity index (χ1v) is 8.71. The maximum absolute atomic E-state index is 13.0. The van der Waals surface area contributed by atoms with E-state index in [1.165, 1.54) is 29.0 Å². The van der Waals surface area contributed by atoms with Gasteiger partial charge in [0.25, 0.3) is 0 Å². The number of rotatable bonds is 5. The zero-order valence-electron chi connectivity index (χ0n) is 13.0. The van der Waals surface area contributed by atoms with E-state index in [4.69, 9.17) is 4.74 Å². The molecule has 124 valence electrons. The van der Waals surface area contributed by atoms with Crippen LogP contribution in [0.4, 0.5) is 9.52 Å². The Kier molecular flexibility index (Phi) is 4.27. The molecule has 1 N–H and O–H groups in total. The van der Waals surface area contributed by atoms with Gasteiger partial charge >= 0.3 is 0 Å². The topological polar surface area (TPSA) is 51.5 Å². The summed E-state index contributed by atoms with van der Waals surface area (Å²) in [6.45, 7) is 2.41. The molecule has 0 saturated heterocycles. The highest BCUT2D eigenvalue weighted by Gasteiger charge is 2.10. The second-order valence-corrected chi connectivity index (χ2v) is 6.59. The average Bonchev–Trinajstić information content (AvgIpc) is 3.15. The Hall–Kier alpha value is -2.25. The molecule has 2 aromatic heterocycles. The molecular weight excluding hydrogens is 327 g/mol. The lowest BCUT2D eigenvalue weighted by molar-refractivity contribution is 0.153. The number of benzene rings is 1. The molecule has 1 aromatic carbocycles. The van der Waals surface area contributed by atoms with Crippen molar-refractivity contribution < 1.29 is 9.13 Å². The minimum atomic E-state index is -0.246. The number of hydrogen-bond acceptors (Lipinski definition) is 5. The van der Waals surface area contributed by atoms with Crippen molar-refractivity contribution in [3.63, 3.8) is 0 Å². The molecule has 1 aliphatic heterocycles. The number of anilines is 1. The van der Waals surface area contributed by atoms with Crippen LogP contribution >= 0.6 is 11.3 Å². The monoisotopic (exact) mass is 344 g/mol. The van der Waals surface area contributed by atoms with Gasteiger partial charge in [0.05, 0.1) is 25.1 Å². The van der Waals surface area contributed by atoms with Gasteiger partial charge in [0.1, 0.15) is 5.82 Å². The number of nitrogens with one attached hydrogen (secondary N) is 1. The van der Waals surface area contributed by atoms with Crippen molar-refractivity contribution in [1.29, 1.82) is 0 Å². The quantitative estimate of drug-likeness (QED) is 0.716. The van der Waals surface area contributed by atoms with Crippen LogP contribution in [0.3, 0.4) is 0 Å². The van der Waals surface area contributed by atoms with Gasteiger partial charge in [-0.3, -0.25) is 0 Å². The van der Waals surface area contributed by atoms with Gasteiger partial charge in [0.15, 0.2) is 0 Å². The summed E-state index contributed by atoms with van der Waals surface area (Å²) in [7, 11) is 0. The third-order valence-corrected chi connectivity index (χ3v) is 4.84. The van der Waals surface area contributed by atoms with Gasteiger partial charge in [-0.1, -0.05) is 23.0 Å². The number of halogens is 1. The van der Waals surface area contributed by atoms with Crippen LogP contribution in [0.2, 0.25) is 0 Å². The smallest absolute Gasteiger partial charge is 0.214 e. The Bertz CT molecular complexity index is 837. The molecule has 0 aliphatic carbocycles. The summed E-state index contributed by atoms with van der Waals surface area (Å²) in [5.74, 6) is -0.246. The second-order valence-electron chi connectivity index (χ2n) is 5.63. The molecule has 0 bridgehead atoms. The van der Waals surface area contributed by atoms with E-state index in [1.54, 1.807) is 16.6 Å². The first-order valence-electron chi connectivity index (χ1n) is 7.89. The van der Waals surface area contributed by atoms with Gasteiger partial charge in [0.2, 0.25) is 10.1 Å². The van der Waals surface area contributed by atoms with E-state index < -0.39 is 0 Å². The molecule has 7 heteroatoms. The highest BCUT2D eigenvalue weighted by molar-refractivity contribution is 7.20. The largest absolute Gasteiger partial charge is 0.377 e. The minimum Gasteiger partial charge on any atom is -0.377 e. The molecule has 3 aromatic rings. The zero-order valence-corrected chi connectivity index (χ0v) is 13.9. The van der Waals surface area contributed by atoms with Crippen molar-refractivity contribution in [2.75, 3.05) is 25.1 Å². The predicted octanol–water partition coefficient (Wildman–Crippen LogP) is 3.75. The highest BCUT2D eigenvalue weighted by atomic mass is 32.1. The lowest BCUT2D eigenvalue weighted by atomic mass is 10.1. The number of aromatic nitrogens is 3. The van der Waals surface area contributed by atoms with E-state index in [0.29, 0.717) is 0 Å². The summed E-state index contributed by atoms with van der Waals surface area (Å²) < 4.78 is 20.1. The van der Waals surface area contributed by atoms with Crippen molar-refractivity contribution in [1.82, 2.24) is 14.6 Å². The Morgan fingerprint density at radius 3 is 2.92 bits per heavy atom. The highest BCUT2D eigenvalue weighted by Crippen LogP contribution is 2.24. The number of fused-ring (bicyclic) bond motifs is 1. The van der Waals surface area contributed by atoms with Crippen LogP contribution in [0.5, 0.6) is 0 Å². The Morgan fingerprint density at radius 2 is 2.17 bits per heavy atom. The second kappa shape index (κ2) is 6.70. The van der Waals surface area contributed by atoms with Crippen molar-refractivity contribution in [3.8, 4) is 11.3 Å². The fourth-order valence-electron chi connectivity index (χ4n) is 2.65. The van der Waals surface area contributed by atoms with E-state index in [9.17, 15) is 4.39 Å². The summed E-state index contributed by atoms with van der Waals surface area (Å²) in [4.78, 5) is 5.38. The molecule has 3 heterocycles. The van der Waals surface area contributed by atoms with Crippen LogP contribution in [-0.4, -0.2) is 34.4 Å². The zero-order chi connectivity index (χ0) is 16.4. The molecule has 1 aliphatic rings. The van der Waals surface area contributed by atoms with Crippen LogP contribution in [0, 0.1) is 5.82 Å². The molecule has 5 nitrogen and oxygen atoms in total. The van der Waals surface area contributed by atoms with E-state index in [-0.39, 0.29) is 5.82 Å². The average molecular weight is 344 g/mol. The van der Waals surface area contributed by atoms with E-state index >= 15 is 0 Å². The van der Waals surface area contributed by atoms with Gasteiger partial charge in [-0.05, 0) is 37.1 Å². The third kappa shape index (κ3) is 3.32. The van der Waals surface area contributed by atoms with E-state index in [1.807, 2.05) is 6.20 Å². The molecule has 4 rings (SSSR count). The van der Waals surface area contributed by atoms with Gasteiger partial charge in [0, 0.05) is 12.1 Å². The van der Waals surface area contributed by atoms with Crippen LogP contribution in [0.25, 0.3) is 16.2 Å². The third-order valence-electron chi connectivity index (χ3n) is 3.96. The molecule has 0 saturated carbocycles. The standard InChI is InChI=1S/C17H17FN4OS/c18-14-3-1-13(2-4-14)15-11-22-17(20-15)24-16(21-22)19-8-5-12-6-9-23-10-7-12/h1-4,6,11H,5,7-10H2,(H,19,21). The fraction of sp³-hybridized carbons (Fsp3) is 0.294. The van der Waals surface area contributed by atoms with Gasteiger partial charge in [-0.15, -0.1) is 5.10 Å². The summed E-state index contributed by atoms with van der Waals surface area (Å²) in [6, 6.07) is 6.33. The minimum absolute atomic E-state index is 0.246. The van der Waals surface area contributed by atoms with Crippen LogP contribution in [-0.2, 0) is 4.74 Å². The molecule has 0 radical (unpaired) electrons. The van der Waals surface area contributed by atoms with Crippen molar-refractivity contribution >= 4 is 21.4 Å². The molecule has 0 spiro atoms. The maximum Gasteiger partial charge on any atom is 0.214 e. The van der Waals surface area contributed by atoms with Gasteiger partial charge < -0.3 is 10.1 Å². The Labute approximate surface area is 142 Å². The maximum atomic E-state index is 13.0. The van der Waals surface area contributed by atoms with E-state index in [0.717, 1.165) is 53.9 Å². The first-order chi connectivity index (χ1) is 11.8. The van der Waals surface area contributed by atoms with Crippen molar-refractivity contribution in [3.05, 3.63) is 47.9 Å². The van der Waals surface area contributed by atoms with Crippen LogP contribution < -0.4 is 5.32 Å². The summed E-state index contributed by atoms with van der Waals surface area (Å²) in [5, 5.41) is 8.71. The van der Waals surface area contributed by atoms with Gasteiger partial charge in [-0.2, -0.15) is 0 Å². The first kappa shape index (κ1) is 15.3. The molecule has 0 atom stereocenters. The Balaban J connectivity index is 1.42. The summed E-state index contributed by atoms with van der Waals surface area (Å²) in [6.07, 6.45) is 6.05. The van der Waals surface area contributed by atoms with Crippen molar-refractivity contribution in [2.45, 2.75) is 12.8 Å². The molecule has 0 amide bonds. The van der Waals surface area contributed by atoms with Gasteiger partial charge in [-0.25, -0.2) is 13.9 Å². The van der Waals surface area contributed by atoms with Crippen LogP contribution in [0.15, 0.2) is 42.1 Å². The normalized spacial score (nSPS) is 14.8. The number of nitrogens with zero attached hydrogens (tertiary/aromatic N) is 3. The number of ether oxygens (including phenoxy) is 1. The summed E-state index contributed by atoms with van der Waals surface area (Å²) in [5.41, 5.74) is 3.12. The SMILES string of the molecule is Fc1ccc(-c2cn3nc(NCCC4=CCOCC4)sc3n2)cc1. The van der Waals surface area contributed by atoms with Crippen LogP contribution in [0.1, 0.15) is 12.8 Å².